The van der Waals surface area contributed by atoms with E-state index in [2.05, 4.69) is 9.88 Å². The number of carbonyl (C=O) groups excluding carboxylic acids is 1. The van der Waals surface area contributed by atoms with Gasteiger partial charge in [-0.15, -0.1) is 0 Å². The van der Waals surface area contributed by atoms with E-state index in [1.807, 2.05) is 6.92 Å². The SMILES string of the molecule is Cc1noc(C)c1CC(=O)N1CCC[C@H](NS(C)(=O)=O)C1. The van der Waals surface area contributed by atoms with Crippen molar-refractivity contribution < 1.29 is 17.7 Å². The highest BCUT2D eigenvalue weighted by Gasteiger charge is 2.26. The lowest BCUT2D eigenvalue weighted by molar-refractivity contribution is -0.131. The Hall–Kier alpha value is -1.41. The van der Waals surface area contributed by atoms with Crippen molar-refractivity contribution in [1.29, 1.82) is 0 Å². The van der Waals surface area contributed by atoms with Crippen molar-refractivity contribution >= 4 is 15.9 Å². The smallest absolute Gasteiger partial charge is 0.227 e. The molecule has 1 fully saturated rings. The first-order valence-corrected chi connectivity index (χ1v) is 8.82. The molecule has 1 aliphatic heterocycles. The first-order chi connectivity index (χ1) is 9.76. The van der Waals surface area contributed by atoms with Crippen molar-refractivity contribution in [1.82, 2.24) is 14.8 Å². The van der Waals surface area contributed by atoms with Crippen LogP contribution in [0.1, 0.15) is 29.9 Å². The Morgan fingerprint density at radius 3 is 2.76 bits per heavy atom. The Kier molecular flexibility index (Phi) is 4.67. The number of hydrogen-bond donors (Lipinski definition) is 1. The van der Waals surface area contributed by atoms with Gasteiger partial charge in [0.05, 0.1) is 18.4 Å². The summed E-state index contributed by atoms with van der Waals surface area (Å²) in [6, 6.07) is -0.206. The molecule has 0 saturated carbocycles. The third kappa shape index (κ3) is 4.28. The Bertz CT molecular complexity index is 604. The first-order valence-electron chi connectivity index (χ1n) is 6.93. The molecule has 1 aromatic rings. The van der Waals surface area contributed by atoms with Crippen LogP contribution in [0.5, 0.6) is 0 Å². The van der Waals surface area contributed by atoms with Gasteiger partial charge in [0, 0.05) is 24.7 Å². The van der Waals surface area contributed by atoms with Crippen molar-refractivity contribution in [3.8, 4) is 0 Å². The number of nitrogens with zero attached hydrogens (tertiary/aromatic N) is 2. The van der Waals surface area contributed by atoms with Crippen LogP contribution < -0.4 is 4.72 Å². The van der Waals surface area contributed by atoms with E-state index in [9.17, 15) is 13.2 Å². The highest BCUT2D eigenvalue weighted by molar-refractivity contribution is 7.88. The van der Waals surface area contributed by atoms with Crippen molar-refractivity contribution in [2.24, 2.45) is 0 Å². The molecule has 0 radical (unpaired) electrons. The van der Waals surface area contributed by atoms with Crippen LogP contribution in [0.3, 0.4) is 0 Å². The number of likely N-dealkylation sites (tertiary alicyclic amines) is 1. The minimum atomic E-state index is -3.25. The molecule has 2 heterocycles. The van der Waals surface area contributed by atoms with Crippen molar-refractivity contribution in [2.75, 3.05) is 19.3 Å². The van der Waals surface area contributed by atoms with Crippen molar-refractivity contribution in [3.05, 3.63) is 17.0 Å². The van der Waals surface area contributed by atoms with Crippen LogP contribution in [0.15, 0.2) is 4.52 Å². The van der Waals surface area contributed by atoms with Gasteiger partial charge in [0.15, 0.2) is 0 Å². The number of nitrogens with one attached hydrogen (secondary N) is 1. The molecule has 2 rings (SSSR count). The summed E-state index contributed by atoms with van der Waals surface area (Å²) in [5.74, 6) is 0.632. The minimum Gasteiger partial charge on any atom is -0.361 e. The lowest BCUT2D eigenvalue weighted by Gasteiger charge is -2.32. The number of hydrogen-bond acceptors (Lipinski definition) is 5. The van der Waals surface area contributed by atoms with Gasteiger partial charge in [-0.05, 0) is 26.7 Å². The summed E-state index contributed by atoms with van der Waals surface area (Å²) >= 11 is 0. The van der Waals surface area contributed by atoms with Crippen LogP contribution in [0.2, 0.25) is 0 Å². The molecule has 1 saturated heterocycles. The van der Waals surface area contributed by atoms with Crippen LogP contribution in [-0.2, 0) is 21.2 Å². The minimum absolute atomic E-state index is 0.0237. The van der Waals surface area contributed by atoms with E-state index in [-0.39, 0.29) is 18.4 Å². The van der Waals surface area contributed by atoms with E-state index >= 15 is 0 Å². The Labute approximate surface area is 124 Å². The van der Waals surface area contributed by atoms with Gasteiger partial charge in [-0.1, -0.05) is 5.16 Å². The fourth-order valence-electron chi connectivity index (χ4n) is 2.62. The molecule has 118 valence electrons. The molecule has 7 nitrogen and oxygen atoms in total. The Morgan fingerprint density at radius 2 is 2.19 bits per heavy atom. The van der Waals surface area contributed by atoms with Crippen LogP contribution >= 0.6 is 0 Å². The number of amides is 1. The molecule has 0 aromatic carbocycles. The van der Waals surface area contributed by atoms with E-state index in [1.165, 1.54) is 0 Å². The van der Waals surface area contributed by atoms with Gasteiger partial charge in [0.1, 0.15) is 5.76 Å². The topological polar surface area (TPSA) is 92.5 Å². The molecule has 1 N–H and O–H groups in total. The maximum atomic E-state index is 12.4. The quantitative estimate of drug-likeness (QED) is 0.867. The van der Waals surface area contributed by atoms with Crippen molar-refractivity contribution in [2.45, 2.75) is 39.2 Å². The van der Waals surface area contributed by atoms with Gasteiger partial charge in [-0.3, -0.25) is 4.79 Å². The maximum Gasteiger partial charge on any atom is 0.227 e. The van der Waals surface area contributed by atoms with E-state index in [0.29, 0.717) is 18.8 Å². The molecule has 1 atom stereocenters. The molecule has 8 heteroatoms. The van der Waals surface area contributed by atoms with Gasteiger partial charge in [0.25, 0.3) is 0 Å². The van der Waals surface area contributed by atoms with E-state index in [1.54, 1.807) is 11.8 Å². The molecule has 0 aliphatic carbocycles. The summed E-state index contributed by atoms with van der Waals surface area (Å²) in [7, 11) is -3.25. The highest BCUT2D eigenvalue weighted by Crippen LogP contribution is 2.17. The lowest BCUT2D eigenvalue weighted by Crippen LogP contribution is -2.49. The number of sulfonamides is 1. The van der Waals surface area contributed by atoms with Gasteiger partial charge < -0.3 is 9.42 Å². The lowest BCUT2D eigenvalue weighted by atomic mass is 10.0. The van der Waals surface area contributed by atoms with Gasteiger partial charge in [0.2, 0.25) is 15.9 Å². The summed E-state index contributed by atoms with van der Waals surface area (Å²) < 4.78 is 30.2. The summed E-state index contributed by atoms with van der Waals surface area (Å²) in [4.78, 5) is 14.1. The number of aryl methyl sites for hydroxylation is 2. The number of piperidine rings is 1. The zero-order valence-corrected chi connectivity index (χ0v) is 13.4. The summed E-state index contributed by atoms with van der Waals surface area (Å²) in [6.45, 7) is 4.66. The van der Waals surface area contributed by atoms with Crippen LogP contribution in [0.25, 0.3) is 0 Å². The second kappa shape index (κ2) is 6.15. The fourth-order valence-corrected chi connectivity index (χ4v) is 3.42. The molecule has 0 unspecified atom stereocenters. The number of aromatic nitrogens is 1. The highest BCUT2D eigenvalue weighted by atomic mass is 32.2. The Balaban J connectivity index is 1.99. The zero-order chi connectivity index (χ0) is 15.6. The molecular weight excluding hydrogens is 294 g/mol. The predicted octanol–water partition coefficient (Wildman–Crippen LogP) is 0.374. The first kappa shape index (κ1) is 16.0. The monoisotopic (exact) mass is 315 g/mol. The van der Waals surface area contributed by atoms with E-state index in [4.69, 9.17) is 4.52 Å². The largest absolute Gasteiger partial charge is 0.361 e. The Morgan fingerprint density at radius 1 is 1.48 bits per heavy atom. The van der Waals surface area contributed by atoms with E-state index in [0.717, 1.165) is 30.4 Å². The van der Waals surface area contributed by atoms with E-state index < -0.39 is 10.0 Å². The number of rotatable bonds is 4. The average molecular weight is 315 g/mol. The standard InChI is InChI=1S/C13H21N3O4S/c1-9-12(10(2)20-14-9)7-13(17)16-6-4-5-11(8-16)15-21(3,18)19/h11,15H,4-8H2,1-3H3/t11-/m0/s1. The molecule has 0 spiro atoms. The van der Waals surface area contributed by atoms with Gasteiger partial charge >= 0.3 is 0 Å². The van der Waals surface area contributed by atoms with Crippen molar-refractivity contribution in [3.63, 3.8) is 0 Å². The van der Waals surface area contributed by atoms with Crippen LogP contribution in [-0.4, -0.2) is 49.8 Å². The van der Waals surface area contributed by atoms with Gasteiger partial charge in [-0.25, -0.2) is 13.1 Å². The molecule has 1 amide bonds. The van der Waals surface area contributed by atoms with Crippen LogP contribution in [0, 0.1) is 13.8 Å². The second-order valence-corrected chi connectivity index (χ2v) is 7.33. The molecule has 1 aromatic heterocycles. The predicted molar refractivity (Wildman–Crippen MR) is 77.3 cm³/mol. The summed E-state index contributed by atoms with van der Waals surface area (Å²) in [5.41, 5.74) is 1.54. The second-order valence-electron chi connectivity index (χ2n) is 5.55. The molecular formula is C13H21N3O4S. The maximum absolute atomic E-state index is 12.4. The summed E-state index contributed by atoms with van der Waals surface area (Å²) in [6.07, 6.45) is 2.92. The average Bonchev–Trinajstić information content (AvgIpc) is 2.69. The molecule has 0 bridgehead atoms. The zero-order valence-electron chi connectivity index (χ0n) is 12.5. The molecule has 21 heavy (non-hydrogen) atoms. The summed E-state index contributed by atoms with van der Waals surface area (Å²) in [5, 5.41) is 3.84. The normalized spacial score (nSPS) is 19.8. The van der Waals surface area contributed by atoms with Crippen LogP contribution in [0.4, 0.5) is 0 Å². The third-order valence-electron chi connectivity index (χ3n) is 3.66. The number of carbonyl (C=O) groups is 1. The fraction of sp³-hybridized carbons (Fsp3) is 0.692. The van der Waals surface area contributed by atoms with Gasteiger partial charge in [-0.2, -0.15) is 0 Å². The third-order valence-corrected chi connectivity index (χ3v) is 4.43. The molecule has 1 aliphatic rings.